The fourth-order valence-electron chi connectivity index (χ4n) is 6.17. The molecule has 3 heterocycles. The predicted molar refractivity (Wildman–Crippen MR) is 115 cm³/mol. The maximum Gasteiger partial charge on any atom is 0.378 e. The van der Waals surface area contributed by atoms with Crippen molar-refractivity contribution in [3.05, 3.63) is 35.9 Å². The highest BCUT2D eigenvalue weighted by Crippen LogP contribution is 2.50. The Morgan fingerprint density at radius 3 is 2.72 bits per heavy atom. The second-order valence-electron chi connectivity index (χ2n) is 9.49. The Kier molecular flexibility index (Phi) is 5.94. The summed E-state index contributed by atoms with van der Waals surface area (Å²) in [4.78, 5) is 27.5. The van der Waals surface area contributed by atoms with E-state index in [0.717, 1.165) is 25.7 Å². The van der Waals surface area contributed by atoms with Crippen LogP contribution in [0.25, 0.3) is 0 Å². The van der Waals surface area contributed by atoms with E-state index in [1.807, 2.05) is 13.0 Å². The third-order valence-corrected chi connectivity index (χ3v) is 7.79. The average Bonchev–Trinajstić information content (AvgIpc) is 3.50. The number of quaternary nitrogens is 1. The molecule has 1 saturated carbocycles. The minimum Gasteiger partial charge on any atom is -0.338 e. The summed E-state index contributed by atoms with van der Waals surface area (Å²) in [6, 6.07) is 9.77. The van der Waals surface area contributed by atoms with Gasteiger partial charge in [0.1, 0.15) is 6.04 Å². The topological polar surface area (TPSA) is 67.9 Å². The largest absolute Gasteiger partial charge is 0.378 e. The molecule has 4 fully saturated rings. The quantitative estimate of drug-likeness (QED) is 0.571. The van der Waals surface area contributed by atoms with Crippen LogP contribution in [-0.2, 0) is 14.3 Å². The van der Waals surface area contributed by atoms with Crippen molar-refractivity contribution >= 4 is 11.9 Å². The summed E-state index contributed by atoms with van der Waals surface area (Å²) < 4.78 is 26.3. The Morgan fingerprint density at radius 1 is 1.25 bits per heavy atom. The van der Waals surface area contributed by atoms with Crippen LogP contribution in [0.15, 0.2) is 30.3 Å². The molecule has 32 heavy (non-hydrogen) atoms. The minimum absolute atomic E-state index is 0.0231. The lowest BCUT2D eigenvalue weighted by Crippen LogP contribution is -2.51. The number of ether oxygens (including phenoxy) is 2. The van der Waals surface area contributed by atoms with E-state index in [4.69, 9.17) is 9.47 Å². The van der Waals surface area contributed by atoms with Gasteiger partial charge in [-0.15, -0.1) is 0 Å². The molecule has 7 nitrogen and oxygen atoms in total. The summed E-state index contributed by atoms with van der Waals surface area (Å²) in [6.45, 7) is 3.44. The first-order valence-corrected chi connectivity index (χ1v) is 12.0. The van der Waals surface area contributed by atoms with Crippen molar-refractivity contribution in [3.8, 4) is 0 Å². The molecule has 3 amide bonds. The van der Waals surface area contributed by atoms with Gasteiger partial charge in [0.15, 0.2) is 0 Å². The Balaban J connectivity index is 1.31. The average molecular weight is 447 g/mol. The van der Waals surface area contributed by atoms with E-state index >= 15 is 0 Å². The zero-order valence-electron chi connectivity index (χ0n) is 18.6. The number of nitrogens with zero attached hydrogens (tertiary/aromatic N) is 2. The first-order valence-electron chi connectivity index (χ1n) is 12.0. The van der Waals surface area contributed by atoms with Gasteiger partial charge in [-0.3, -0.25) is 0 Å². The Labute approximate surface area is 188 Å². The summed E-state index contributed by atoms with van der Waals surface area (Å²) in [5, 5.41) is 2.85. The highest BCUT2D eigenvalue weighted by Gasteiger charge is 2.79. The molecule has 3 aliphatic heterocycles. The van der Waals surface area contributed by atoms with Crippen LogP contribution < -0.4 is 5.32 Å². The second-order valence-corrected chi connectivity index (χ2v) is 9.49. The smallest absolute Gasteiger partial charge is 0.338 e. The number of urea groups is 1. The standard InChI is InChI=1S/C24H32FN3O4/c1-2-26-24(30)27-13-6-14-28-20(19(27)15-31-21(25)22(28)29)23(28)32-18-11-9-17(10-12-18)16-7-4-3-5-8-16/h3-5,7-8,17-21,23H,2,6,9-15H2,1H3/p+1/t17?,18?,19-,20?,21-,23-,28?/m1/s1. The molecule has 1 aromatic carbocycles. The van der Waals surface area contributed by atoms with Gasteiger partial charge in [-0.25, -0.2) is 18.5 Å². The molecule has 4 aliphatic rings. The number of hydrogen-bond acceptors (Lipinski definition) is 4. The molecule has 0 radical (unpaired) electrons. The molecule has 3 saturated heterocycles. The number of carbonyl (C=O) groups excluding carboxylic acids is 2. The van der Waals surface area contributed by atoms with Gasteiger partial charge >= 0.3 is 18.3 Å². The van der Waals surface area contributed by atoms with Crippen molar-refractivity contribution < 1.29 is 27.9 Å². The first kappa shape index (κ1) is 21.8. The summed E-state index contributed by atoms with van der Waals surface area (Å²) in [7, 11) is 0. The third kappa shape index (κ3) is 3.62. The Morgan fingerprint density at radius 2 is 2.00 bits per heavy atom. The number of amides is 3. The lowest BCUT2D eigenvalue weighted by atomic mass is 9.83. The van der Waals surface area contributed by atoms with Gasteiger partial charge in [0.2, 0.25) is 6.04 Å². The zero-order valence-corrected chi connectivity index (χ0v) is 18.6. The van der Waals surface area contributed by atoms with Crippen molar-refractivity contribution in [3.63, 3.8) is 0 Å². The van der Waals surface area contributed by atoms with E-state index in [1.54, 1.807) is 4.90 Å². The van der Waals surface area contributed by atoms with E-state index in [1.165, 1.54) is 5.56 Å². The first-order chi connectivity index (χ1) is 15.6. The van der Waals surface area contributed by atoms with E-state index < -0.39 is 12.3 Å². The lowest BCUT2D eigenvalue weighted by Gasteiger charge is -2.30. The van der Waals surface area contributed by atoms with Gasteiger partial charge in [0.25, 0.3) is 6.23 Å². The number of alkyl halides is 1. The minimum atomic E-state index is -1.96. The molecular weight excluding hydrogens is 413 g/mol. The molecule has 2 bridgehead atoms. The summed E-state index contributed by atoms with van der Waals surface area (Å²) in [5.74, 6) is -0.00693. The third-order valence-electron chi connectivity index (χ3n) is 7.79. The molecule has 8 heteroatoms. The monoisotopic (exact) mass is 446 g/mol. The maximum atomic E-state index is 14.6. The number of nitrogens with one attached hydrogen (secondary N) is 1. The van der Waals surface area contributed by atoms with Crippen molar-refractivity contribution in [1.82, 2.24) is 10.2 Å². The van der Waals surface area contributed by atoms with E-state index in [-0.39, 0.29) is 41.5 Å². The van der Waals surface area contributed by atoms with Crippen LogP contribution in [0.5, 0.6) is 0 Å². The number of hydrogen-bond donors (Lipinski definition) is 1. The molecule has 5 rings (SSSR count). The van der Waals surface area contributed by atoms with E-state index in [0.29, 0.717) is 32.0 Å². The summed E-state index contributed by atoms with van der Waals surface area (Å²) in [6.07, 6.45) is 2.31. The molecule has 1 N–H and O–H groups in total. The number of carbonyl (C=O) groups is 2. The fraction of sp³-hybridized carbons (Fsp3) is 0.667. The van der Waals surface area contributed by atoms with Gasteiger partial charge in [-0.1, -0.05) is 30.3 Å². The highest BCUT2D eigenvalue weighted by molar-refractivity contribution is 5.77. The lowest BCUT2D eigenvalue weighted by molar-refractivity contribution is -0.766. The molecule has 1 aromatic rings. The van der Waals surface area contributed by atoms with Crippen molar-refractivity contribution in [2.75, 3.05) is 26.2 Å². The highest BCUT2D eigenvalue weighted by atomic mass is 19.1. The molecule has 5 atom stereocenters. The maximum absolute atomic E-state index is 14.6. The SMILES string of the molecule is CCNC(=O)N1CCC[N+]23C(=O)[C@H](F)OC[C@@H]1C2[C@H]3OC1CCC(c2ccccc2)CC1. The van der Waals surface area contributed by atoms with E-state index in [2.05, 4.69) is 29.6 Å². The van der Waals surface area contributed by atoms with Crippen LogP contribution in [0.4, 0.5) is 9.18 Å². The second kappa shape index (κ2) is 8.72. The number of benzene rings is 1. The van der Waals surface area contributed by atoms with Crippen molar-refractivity contribution in [2.24, 2.45) is 0 Å². The summed E-state index contributed by atoms with van der Waals surface area (Å²) in [5.41, 5.74) is 1.37. The molecule has 2 unspecified atom stereocenters. The molecule has 0 spiro atoms. The molecule has 0 aromatic heterocycles. The van der Waals surface area contributed by atoms with Crippen molar-refractivity contribution in [2.45, 2.75) is 75.7 Å². The Hall–Kier alpha value is -2.03. The summed E-state index contributed by atoms with van der Waals surface area (Å²) >= 11 is 0. The van der Waals surface area contributed by atoms with Crippen LogP contribution in [0.2, 0.25) is 0 Å². The number of rotatable bonds is 4. The van der Waals surface area contributed by atoms with Gasteiger partial charge in [-0.05, 0) is 44.1 Å². The van der Waals surface area contributed by atoms with Crippen LogP contribution >= 0.6 is 0 Å². The normalized spacial score (nSPS) is 38.9. The van der Waals surface area contributed by atoms with Gasteiger partial charge < -0.3 is 19.7 Å². The van der Waals surface area contributed by atoms with Gasteiger partial charge in [-0.2, -0.15) is 0 Å². The zero-order chi connectivity index (χ0) is 22.3. The fourth-order valence-corrected chi connectivity index (χ4v) is 6.17. The molecular formula is C24H33FN3O4+. The number of halogens is 1. The van der Waals surface area contributed by atoms with Crippen molar-refractivity contribution in [1.29, 1.82) is 0 Å². The van der Waals surface area contributed by atoms with Crippen LogP contribution in [0.1, 0.15) is 50.5 Å². The predicted octanol–water partition coefficient (Wildman–Crippen LogP) is 2.91. The van der Waals surface area contributed by atoms with E-state index in [9.17, 15) is 14.0 Å². The Bertz CT molecular complexity index is 847. The van der Waals surface area contributed by atoms with Crippen LogP contribution in [0, 0.1) is 0 Å². The molecule has 174 valence electrons. The van der Waals surface area contributed by atoms with Crippen LogP contribution in [0.3, 0.4) is 0 Å². The van der Waals surface area contributed by atoms with Gasteiger partial charge in [0, 0.05) is 19.5 Å². The van der Waals surface area contributed by atoms with Gasteiger partial charge in [0.05, 0.1) is 19.3 Å². The van der Waals surface area contributed by atoms with Crippen LogP contribution in [-0.4, -0.2) is 78.3 Å². The molecule has 1 aliphatic carbocycles.